The van der Waals surface area contributed by atoms with E-state index in [1.54, 1.807) is 0 Å². The number of nitrogens with zero attached hydrogens (tertiary/aromatic N) is 1. The summed E-state index contributed by atoms with van der Waals surface area (Å²) in [6.07, 6.45) is 9.75. The maximum atomic E-state index is 6.37. The Morgan fingerprint density at radius 2 is 1.78 bits per heavy atom. The molecule has 1 aliphatic carbocycles. The molecular formula is C28H37N2OS+. The van der Waals surface area contributed by atoms with E-state index in [2.05, 4.69) is 68.6 Å². The molecule has 0 saturated heterocycles. The van der Waals surface area contributed by atoms with Crippen molar-refractivity contribution in [3.05, 3.63) is 83.6 Å². The highest BCUT2D eigenvalue weighted by Gasteiger charge is 2.30. The molecule has 4 rings (SSSR count). The van der Waals surface area contributed by atoms with E-state index in [1.807, 2.05) is 18.0 Å². The van der Waals surface area contributed by atoms with Crippen LogP contribution in [0.4, 0.5) is 0 Å². The van der Waals surface area contributed by atoms with Crippen LogP contribution >= 0.6 is 11.8 Å². The van der Waals surface area contributed by atoms with Gasteiger partial charge in [-0.2, -0.15) is 0 Å². The van der Waals surface area contributed by atoms with E-state index in [9.17, 15) is 0 Å². The van der Waals surface area contributed by atoms with Crippen molar-refractivity contribution >= 4 is 11.8 Å². The summed E-state index contributed by atoms with van der Waals surface area (Å²) in [5.74, 6) is 4.01. The summed E-state index contributed by atoms with van der Waals surface area (Å²) >= 11 is 1.95. The summed E-state index contributed by atoms with van der Waals surface area (Å²) in [5.41, 5.74) is 2.67. The van der Waals surface area contributed by atoms with Gasteiger partial charge in [-0.15, -0.1) is 11.8 Å². The van der Waals surface area contributed by atoms with Crippen molar-refractivity contribution in [2.45, 2.75) is 62.8 Å². The van der Waals surface area contributed by atoms with Crippen molar-refractivity contribution in [3.8, 4) is 0 Å². The summed E-state index contributed by atoms with van der Waals surface area (Å²) in [4.78, 5) is 7.62. The van der Waals surface area contributed by atoms with Crippen molar-refractivity contribution in [2.24, 2.45) is 5.92 Å². The van der Waals surface area contributed by atoms with E-state index >= 15 is 0 Å². The molecule has 2 aromatic carbocycles. The van der Waals surface area contributed by atoms with Crippen LogP contribution in [-0.4, -0.2) is 24.3 Å². The number of hydrogen-bond donors (Lipinski definition) is 1. The van der Waals surface area contributed by atoms with Gasteiger partial charge in [-0.1, -0.05) is 67.3 Å². The molecular weight excluding hydrogens is 412 g/mol. The molecule has 170 valence electrons. The molecule has 0 radical (unpaired) electrons. The van der Waals surface area contributed by atoms with Gasteiger partial charge in [0, 0.05) is 17.1 Å². The maximum Gasteiger partial charge on any atom is 0.202 e. The molecule has 0 bridgehead atoms. The van der Waals surface area contributed by atoms with Crippen molar-refractivity contribution < 1.29 is 9.32 Å². The van der Waals surface area contributed by atoms with Crippen LogP contribution in [0.1, 0.15) is 67.2 Å². The van der Waals surface area contributed by atoms with E-state index in [-0.39, 0.29) is 5.92 Å². The Hall–Kier alpha value is -2.04. The smallest absolute Gasteiger partial charge is 0.202 e. The van der Waals surface area contributed by atoms with E-state index in [0.29, 0.717) is 5.92 Å². The van der Waals surface area contributed by atoms with Crippen LogP contribution in [0.25, 0.3) is 0 Å². The third-order valence-electron chi connectivity index (χ3n) is 6.63. The third-order valence-corrected chi connectivity index (χ3v) is 7.73. The zero-order chi connectivity index (χ0) is 22.2. The van der Waals surface area contributed by atoms with E-state index in [0.717, 1.165) is 30.5 Å². The molecule has 32 heavy (non-hydrogen) atoms. The summed E-state index contributed by atoms with van der Waals surface area (Å²) in [6, 6.07) is 19.7. The van der Waals surface area contributed by atoms with Gasteiger partial charge in [-0.3, -0.25) is 0 Å². The van der Waals surface area contributed by atoms with Crippen LogP contribution in [0.3, 0.4) is 0 Å². The van der Waals surface area contributed by atoms with Crippen molar-refractivity contribution in [3.63, 3.8) is 0 Å². The van der Waals surface area contributed by atoms with Crippen LogP contribution in [0.5, 0.6) is 0 Å². The second kappa shape index (κ2) is 11.7. The predicted octanol–water partition coefficient (Wildman–Crippen LogP) is 5.89. The zero-order valence-electron chi connectivity index (χ0n) is 19.6. The van der Waals surface area contributed by atoms with Gasteiger partial charge < -0.3 is 9.32 Å². The minimum absolute atomic E-state index is 0.288. The van der Waals surface area contributed by atoms with Crippen molar-refractivity contribution in [2.75, 3.05) is 19.3 Å². The number of nitrogens with one attached hydrogen (secondary N) is 1. The SMILES string of the molecule is Cc1ccc(SCCC[NH+](C)Cc2cnc([C@H](c3ccccc3)C3CCCCC3)o2)cc1. The number of hydrogen-bond acceptors (Lipinski definition) is 3. The van der Waals surface area contributed by atoms with Crippen molar-refractivity contribution in [1.29, 1.82) is 0 Å². The average Bonchev–Trinajstić information content (AvgIpc) is 3.27. The third kappa shape index (κ3) is 6.49. The first-order valence-electron chi connectivity index (χ1n) is 12.2. The summed E-state index contributed by atoms with van der Waals surface area (Å²) in [6.45, 7) is 4.17. The molecule has 3 nitrogen and oxygen atoms in total. The van der Waals surface area contributed by atoms with Crippen LogP contribution in [0.15, 0.2) is 70.1 Å². The molecule has 0 aliphatic heterocycles. The highest BCUT2D eigenvalue weighted by Crippen LogP contribution is 2.40. The normalized spacial score (nSPS) is 16.7. The van der Waals surface area contributed by atoms with Gasteiger partial charge in [0.1, 0.15) is 6.54 Å². The Balaban J connectivity index is 1.31. The molecule has 1 fully saturated rings. The van der Waals surface area contributed by atoms with Gasteiger partial charge in [0.2, 0.25) is 5.89 Å². The number of thioether (sulfide) groups is 1. The fourth-order valence-electron chi connectivity index (χ4n) is 4.88. The van der Waals surface area contributed by atoms with Gasteiger partial charge in [0.15, 0.2) is 5.76 Å². The minimum atomic E-state index is 0.288. The molecule has 1 heterocycles. The van der Waals surface area contributed by atoms with Crippen LogP contribution < -0.4 is 4.90 Å². The Morgan fingerprint density at radius 1 is 1.03 bits per heavy atom. The first-order chi connectivity index (χ1) is 15.7. The number of quaternary nitrogens is 1. The highest BCUT2D eigenvalue weighted by atomic mass is 32.2. The van der Waals surface area contributed by atoms with Crippen LogP contribution in [-0.2, 0) is 6.54 Å². The summed E-state index contributed by atoms with van der Waals surface area (Å²) < 4.78 is 6.37. The van der Waals surface area contributed by atoms with Crippen molar-refractivity contribution in [1.82, 2.24) is 4.98 Å². The molecule has 1 unspecified atom stereocenters. The average molecular weight is 450 g/mol. The lowest BCUT2D eigenvalue weighted by Crippen LogP contribution is -3.07. The molecule has 4 heteroatoms. The fraction of sp³-hybridized carbons (Fsp3) is 0.464. The lowest BCUT2D eigenvalue weighted by molar-refractivity contribution is -0.894. The topological polar surface area (TPSA) is 30.5 Å². The van der Waals surface area contributed by atoms with Crippen LogP contribution in [0, 0.1) is 12.8 Å². The Kier molecular flexibility index (Phi) is 8.47. The second-order valence-electron chi connectivity index (χ2n) is 9.35. The van der Waals surface area contributed by atoms with Gasteiger partial charge in [-0.05, 0) is 43.4 Å². The standard InChI is InChI=1S/C28H36N2OS/c1-22-14-16-26(17-15-22)32-19-9-18-30(2)21-25-20-29-28(31-25)27(23-10-5-3-6-11-23)24-12-7-4-8-13-24/h3,5-6,10-11,14-17,20,24,27H,4,7-9,12-13,18-19,21H2,1-2H3/p+1/t27-/m1/s1. The van der Waals surface area contributed by atoms with E-state index in [1.165, 1.54) is 59.4 Å². The quantitative estimate of drug-likeness (QED) is 0.309. The molecule has 0 spiro atoms. The molecule has 1 saturated carbocycles. The van der Waals surface area contributed by atoms with Gasteiger partial charge >= 0.3 is 0 Å². The van der Waals surface area contributed by atoms with Gasteiger partial charge in [0.25, 0.3) is 0 Å². The van der Waals surface area contributed by atoms with Gasteiger partial charge in [-0.25, -0.2) is 4.98 Å². The lowest BCUT2D eigenvalue weighted by Gasteiger charge is -2.28. The lowest BCUT2D eigenvalue weighted by atomic mass is 9.77. The molecule has 1 aromatic heterocycles. The number of aromatic nitrogens is 1. The number of aryl methyl sites for hydroxylation is 1. The Morgan fingerprint density at radius 3 is 2.53 bits per heavy atom. The fourth-order valence-corrected chi connectivity index (χ4v) is 5.73. The molecule has 2 atom stereocenters. The minimum Gasteiger partial charge on any atom is -0.439 e. The number of rotatable bonds is 10. The molecule has 0 amide bonds. The number of oxazole rings is 1. The summed E-state index contributed by atoms with van der Waals surface area (Å²) in [5, 5.41) is 0. The molecule has 3 aromatic rings. The number of benzene rings is 2. The first kappa shape index (κ1) is 23.1. The first-order valence-corrected chi connectivity index (χ1v) is 13.2. The van der Waals surface area contributed by atoms with Crippen LogP contribution in [0.2, 0.25) is 0 Å². The van der Waals surface area contributed by atoms with E-state index < -0.39 is 0 Å². The van der Waals surface area contributed by atoms with E-state index in [4.69, 9.17) is 9.40 Å². The maximum absolute atomic E-state index is 6.37. The summed E-state index contributed by atoms with van der Waals surface area (Å²) in [7, 11) is 2.26. The highest BCUT2D eigenvalue weighted by molar-refractivity contribution is 7.99. The zero-order valence-corrected chi connectivity index (χ0v) is 20.4. The Labute approximate surface area is 197 Å². The second-order valence-corrected chi connectivity index (χ2v) is 10.5. The van der Waals surface area contributed by atoms with Gasteiger partial charge in [0.05, 0.1) is 25.7 Å². The molecule has 1 aliphatic rings. The Bertz CT molecular complexity index is 932. The predicted molar refractivity (Wildman–Crippen MR) is 133 cm³/mol. The largest absolute Gasteiger partial charge is 0.439 e. The monoisotopic (exact) mass is 449 g/mol. The molecule has 1 N–H and O–H groups in total.